The number of hydrogen-bond acceptors (Lipinski definition) is 4. The molecule has 2 atom stereocenters. The van der Waals surface area contributed by atoms with Gasteiger partial charge in [-0.2, -0.15) is 0 Å². The number of amides is 1. The second-order valence-electron chi connectivity index (χ2n) is 6.63. The van der Waals surface area contributed by atoms with Crippen molar-refractivity contribution in [3.63, 3.8) is 0 Å². The number of ether oxygens (including phenoxy) is 1. The van der Waals surface area contributed by atoms with E-state index in [1.807, 2.05) is 20.8 Å². The van der Waals surface area contributed by atoms with E-state index in [2.05, 4.69) is 5.32 Å². The van der Waals surface area contributed by atoms with Gasteiger partial charge in [0.2, 0.25) is 0 Å². The zero-order chi connectivity index (χ0) is 21.4. The molecular weight excluding hydrogens is 413 g/mol. The minimum atomic E-state index is -0.641. The summed E-state index contributed by atoms with van der Waals surface area (Å²) in [5.41, 5.74) is 0.424. The van der Waals surface area contributed by atoms with Gasteiger partial charge in [0.1, 0.15) is 11.1 Å². The van der Waals surface area contributed by atoms with Crippen molar-refractivity contribution in [2.75, 3.05) is 5.32 Å². The molecule has 2 aromatic rings. The first kappa shape index (κ1) is 23.2. The van der Waals surface area contributed by atoms with E-state index < -0.39 is 17.0 Å². The van der Waals surface area contributed by atoms with Crippen LogP contribution in [0.25, 0.3) is 0 Å². The van der Waals surface area contributed by atoms with Crippen LogP contribution < -0.4 is 5.32 Å². The Balaban J connectivity index is 2.22. The average molecular weight is 438 g/mol. The molecule has 156 valence electrons. The van der Waals surface area contributed by atoms with Gasteiger partial charge < -0.3 is 10.1 Å². The lowest BCUT2D eigenvalue weighted by Gasteiger charge is -2.19. The van der Waals surface area contributed by atoms with Crippen LogP contribution in [0.2, 0.25) is 5.02 Å². The van der Waals surface area contributed by atoms with Crippen LogP contribution in [-0.4, -0.2) is 23.2 Å². The lowest BCUT2D eigenvalue weighted by Crippen LogP contribution is -2.24. The molecule has 0 aliphatic rings. The number of hydrogen-bond donors (Lipinski definition) is 1. The fourth-order valence-electron chi connectivity index (χ4n) is 2.50. The highest BCUT2D eigenvalue weighted by molar-refractivity contribution is 8.00. The van der Waals surface area contributed by atoms with Gasteiger partial charge in [0.25, 0.3) is 5.91 Å². The van der Waals surface area contributed by atoms with Gasteiger partial charge in [0.15, 0.2) is 0 Å². The molecule has 2 rings (SSSR count). The van der Waals surface area contributed by atoms with Crippen LogP contribution in [-0.2, 0) is 9.53 Å². The number of esters is 1. The highest BCUT2D eigenvalue weighted by Crippen LogP contribution is 2.36. The lowest BCUT2D eigenvalue weighted by atomic mass is 10.2. The highest BCUT2D eigenvalue weighted by atomic mass is 35.5. The quantitative estimate of drug-likeness (QED) is 0.367. The summed E-state index contributed by atoms with van der Waals surface area (Å²) < 4.78 is 19.8. The number of benzene rings is 2. The molecular formula is C22H25ClFNO3S. The maximum atomic E-state index is 14.4. The molecule has 0 saturated heterocycles. The summed E-state index contributed by atoms with van der Waals surface area (Å²) in [7, 11) is 0. The number of nitrogens with one attached hydrogen (secondary N) is 1. The van der Waals surface area contributed by atoms with Crippen LogP contribution in [0.15, 0.2) is 47.4 Å². The van der Waals surface area contributed by atoms with Gasteiger partial charge in [0.05, 0.1) is 16.8 Å². The third kappa shape index (κ3) is 6.75. The maximum Gasteiger partial charge on any atom is 0.319 e. The van der Waals surface area contributed by atoms with Crippen molar-refractivity contribution >= 4 is 40.9 Å². The predicted molar refractivity (Wildman–Crippen MR) is 116 cm³/mol. The average Bonchev–Trinajstić information content (AvgIpc) is 2.71. The Kier molecular flexibility index (Phi) is 8.99. The maximum absolute atomic E-state index is 14.4. The molecule has 1 N–H and O–H groups in total. The van der Waals surface area contributed by atoms with E-state index in [4.69, 9.17) is 16.3 Å². The van der Waals surface area contributed by atoms with Crippen LogP contribution in [0.4, 0.5) is 10.1 Å². The van der Waals surface area contributed by atoms with Gasteiger partial charge in [-0.1, -0.05) is 50.1 Å². The molecule has 2 unspecified atom stereocenters. The first-order valence-corrected chi connectivity index (χ1v) is 10.8. The predicted octanol–water partition coefficient (Wildman–Crippen LogP) is 6.33. The van der Waals surface area contributed by atoms with Crippen molar-refractivity contribution < 1.29 is 18.7 Å². The van der Waals surface area contributed by atoms with Gasteiger partial charge in [-0.3, -0.25) is 9.59 Å². The van der Waals surface area contributed by atoms with Crippen molar-refractivity contribution in [1.82, 2.24) is 0 Å². The number of carbonyl (C=O) groups is 2. The van der Waals surface area contributed by atoms with E-state index >= 15 is 0 Å². The van der Waals surface area contributed by atoms with E-state index in [9.17, 15) is 14.0 Å². The van der Waals surface area contributed by atoms with Gasteiger partial charge in [-0.25, -0.2) is 4.39 Å². The fraction of sp³-hybridized carbons (Fsp3) is 0.364. The van der Waals surface area contributed by atoms with Crippen molar-refractivity contribution in [2.45, 2.75) is 56.3 Å². The third-order valence-electron chi connectivity index (χ3n) is 4.28. The molecule has 1 amide bonds. The summed E-state index contributed by atoms with van der Waals surface area (Å²) in [6.45, 7) is 5.76. The Morgan fingerprint density at radius 3 is 2.52 bits per heavy atom. The SMILES string of the molecule is CCCC(Sc1cc(NC(=O)c2ccccc2)c(F)cc1Cl)C(=O)OC(C)CC. The summed E-state index contributed by atoms with van der Waals surface area (Å²) in [5, 5.41) is 2.29. The van der Waals surface area contributed by atoms with E-state index in [0.29, 0.717) is 16.9 Å². The largest absolute Gasteiger partial charge is 0.462 e. The molecule has 0 aliphatic carbocycles. The Bertz CT molecular complexity index is 847. The normalized spacial score (nSPS) is 12.9. The van der Waals surface area contributed by atoms with Gasteiger partial charge >= 0.3 is 5.97 Å². The molecule has 29 heavy (non-hydrogen) atoms. The van der Waals surface area contributed by atoms with Crippen LogP contribution in [0, 0.1) is 5.82 Å². The number of carbonyl (C=O) groups excluding carboxylic acids is 2. The van der Waals surface area contributed by atoms with Gasteiger partial charge in [-0.15, -0.1) is 11.8 Å². The Morgan fingerprint density at radius 2 is 1.90 bits per heavy atom. The summed E-state index contributed by atoms with van der Waals surface area (Å²) in [6.07, 6.45) is 1.93. The molecule has 0 radical (unpaired) electrons. The van der Waals surface area contributed by atoms with Crippen LogP contribution in [0.3, 0.4) is 0 Å². The Morgan fingerprint density at radius 1 is 1.21 bits per heavy atom. The lowest BCUT2D eigenvalue weighted by molar-refractivity contribution is -0.147. The summed E-state index contributed by atoms with van der Waals surface area (Å²) in [5.74, 6) is -1.39. The van der Waals surface area contributed by atoms with Crippen molar-refractivity contribution in [3.05, 3.63) is 58.9 Å². The van der Waals surface area contributed by atoms with Crippen LogP contribution in [0.1, 0.15) is 50.4 Å². The molecule has 0 fully saturated rings. The zero-order valence-corrected chi connectivity index (χ0v) is 18.3. The summed E-state index contributed by atoms with van der Waals surface area (Å²) in [6, 6.07) is 11.1. The Hall–Kier alpha value is -2.05. The minimum absolute atomic E-state index is 0.0105. The van der Waals surface area contributed by atoms with Crippen molar-refractivity contribution in [3.8, 4) is 0 Å². The number of thioether (sulfide) groups is 1. The first-order valence-electron chi connectivity index (χ1n) is 9.58. The van der Waals surface area contributed by atoms with E-state index in [-0.39, 0.29) is 22.8 Å². The second-order valence-corrected chi connectivity index (χ2v) is 8.29. The van der Waals surface area contributed by atoms with Crippen molar-refractivity contribution in [2.24, 2.45) is 0 Å². The molecule has 0 bridgehead atoms. The minimum Gasteiger partial charge on any atom is -0.462 e. The standard InChI is InChI=1S/C22H25ClFNO3S/c1-4-9-19(22(27)28-14(3)5-2)29-20-13-18(17(24)12-16(20)23)25-21(26)15-10-7-6-8-11-15/h6-8,10-14,19H,4-5,9H2,1-3H3,(H,25,26). The zero-order valence-electron chi connectivity index (χ0n) is 16.7. The van der Waals surface area contributed by atoms with Crippen LogP contribution >= 0.6 is 23.4 Å². The molecule has 0 aromatic heterocycles. The number of anilines is 1. The van der Waals surface area contributed by atoms with E-state index in [0.717, 1.165) is 18.9 Å². The van der Waals surface area contributed by atoms with Gasteiger partial charge in [0, 0.05) is 10.5 Å². The van der Waals surface area contributed by atoms with Crippen LogP contribution in [0.5, 0.6) is 0 Å². The Labute approximate surface area is 180 Å². The van der Waals surface area contributed by atoms with E-state index in [1.165, 1.54) is 17.8 Å². The summed E-state index contributed by atoms with van der Waals surface area (Å²) in [4.78, 5) is 25.4. The molecule has 0 saturated carbocycles. The fourth-order valence-corrected chi connectivity index (χ4v) is 3.95. The third-order valence-corrected chi connectivity index (χ3v) is 6.01. The second kappa shape index (κ2) is 11.2. The topological polar surface area (TPSA) is 55.4 Å². The summed E-state index contributed by atoms with van der Waals surface area (Å²) >= 11 is 7.43. The molecule has 2 aromatic carbocycles. The molecule has 0 heterocycles. The monoisotopic (exact) mass is 437 g/mol. The number of halogens is 2. The molecule has 0 aliphatic heterocycles. The van der Waals surface area contributed by atoms with Crippen molar-refractivity contribution in [1.29, 1.82) is 0 Å². The molecule has 7 heteroatoms. The van der Waals surface area contributed by atoms with Gasteiger partial charge in [-0.05, 0) is 44.0 Å². The smallest absolute Gasteiger partial charge is 0.319 e. The highest BCUT2D eigenvalue weighted by Gasteiger charge is 2.24. The van der Waals surface area contributed by atoms with E-state index in [1.54, 1.807) is 30.3 Å². The molecule has 4 nitrogen and oxygen atoms in total. The molecule has 0 spiro atoms. The number of rotatable bonds is 9. The first-order chi connectivity index (χ1) is 13.8.